The summed E-state index contributed by atoms with van der Waals surface area (Å²) in [5, 5.41) is 0. The Hall–Kier alpha value is -2.82. The Morgan fingerprint density at radius 3 is 2.04 bits per heavy atom. The van der Waals surface area contributed by atoms with Gasteiger partial charge in [0.25, 0.3) is 0 Å². The zero-order valence-electron chi connectivity index (χ0n) is 14.7. The van der Waals surface area contributed by atoms with E-state index in [9.17, 15) is 4.79 Å². The molecule has 0 saturated carbocycles. The van der Waals surface area contributed by atoms with Crippen LogP contribution in [0.15, 0.2) is 65.7 Å². The lowest BCUT2D eigenvalue weighted by Crippen LogP contribution is -2.44. The maximum Gasteiger partial charge on any atom is 0.417 e. The number of rotatable bonds is 2. The van der Waals surface area contributed by atoms with Crippen LogP contribution in [-0.4, -0.2) is 22.6 Å². The van der Waals surface area contributed by atoms with E-state index in [1.807, 2.05) is 81.4 Å². The largest absolute Gasteiger partial charge is 0.443 e. The zero-order valence-corrected chi connectivity index (χ0v) is 14.7. The van der Waals surface area contributed by atoms with Crippen molar-refractivity contribution in [2.24, 2.45) is 10.7 Å². The molecular formula is C20H23N3O2. The van der Waals surface area contributed by atoms with Crippen molar-refractivity contribution in [3.05, 3.63) is 71.8 Å². The maximum absolute atomic E-state index is 12.8. The number of hydrogen-bond acceptors (Lipinski definition) is 4. The Morgan fingerprint density at radius 1 is 1.00 bits per heavy atom. The van der Waals surface area contributed by atoms with Crippen molar-refractivity contribution < 1.29 is 9.53 Å². The van der Waals surface area contributed by atoms with Crippen LogP contribution in [-0.2, 0) is 4.74 Å². The first kappa shape index (κ1) is 17.0. The van der Waals surface area contributed by atoms with E-state index in [0.29, 0.717) is 0 Å². The number of benzene rings is 2. The molecule has 130 valence electrons. The molecule has 2 atom stereocenters. The van der Waals surface area contributed by atoms with Crippen LogP contribution in [0.25, 0.3) is 0 Å². The molecule has 0 aliphatic carbocycles. The molecule has 0 radical (unpaired) electrons. The summed E-state index contributed by atoms with van der Waals surface area (Å²) < 4.78 is 5.55. The first-order chi connectivity index (χ1) is 11.9. The van der Waals surface area contributed by atoms with Crippen LogP contribution in [0.4, 0.5) is 4.79 Å². The SMILES string of the molecule is CC(C)(C)OC(=O)N1C(N)=N[C@H](c2ccccc2)[C@@H]1c1ccccc1. The van der Waals surface area contributed by atoms with Crippen molar-refractivity contribution in [3.8, 4) is 0 Å². The fourth-order valence-electron chi connectivity index (χ4n) is 2.97. The highest BCUT2D eigenvalue weighted by molar-refractivity contribution is 5.95. The Bertz CT molecular complexity index is 767. The molecule has 0 bridgehead atoms. The summed E-state index contributed by atoms with van der Waals surface area (Å²) in [5.74, 6) is 0.178. The van der Waals surface area contributed by atoms with Gasteiger partial charge in [-0.15, -0.1) is 0 Å². The number of carbonyl (C=O) groups is 1. The Balaban J connectivity index is 2.02. The Morgan fingerprint density at radius 2 is 1.52 bits per heavy atom. The first-order valence-corrected chi connectivity index (χ1v) is 8.32. The summed E-state index contributed by atoms with van der Waals surface area (Å²) in [5.41, 5.74) is 7.49. The van der Waals surface area contributed by atoms with E-state index in [4.69, 9.17) is 10.5 Å². The van der Waals surface area contributed by atoms with Crippen molar-refractivity contribution in [2.75, 3.05) is 0 Å². The van der Waals surface area contributed by atoms with Crippen LogP contribution in [0, 0.1) is 0 Å². The number of aliphatic imine (C=N–C) groups is 1. The molecule has 1 aliphatic rings. The molecule has 5 nitrogen and oxygen atoms in total. The van der Waals surface area contributed by atoms with Crippen LogP contribution in [0.3, 0.4) is 0 Å². The quantitative estimate of drug-likeness (QED) is 0.899. The molecule has 25 heavy (non-hydrogen) atoms. The standard InChI is InChI=1S/C20H23N3O2/c1-20(2,3)25-19(24)23-17(15-12-8-5-9-13-15)16(22-18(23)21)14-10-6-4-7-11-14/h4-13,16-17H,1-3H3,(H2,21,22)/t16-,17+/m1/s1. The summed E-state index contributed by atoms with van der Waals surface area (Å²) >= 11 is 0. The molecule has 1 amide bonds. The molecule has 0 fully saturated rings. The van der Waals surface area contributed by atoms with Crippen LogP contribution in [0.2, 0.25) is 0 Å². The molecule has 2 aromatic carbocycles. The third-order valence-corrected chi connectivity index (χ3v) is 3.97. The molecule has 0 spiro atoms. The van der Waals surface area contributed by atoms with E-state index < -0.39 is 11.7 Å². The van der Waals surface area contributed by atoms with Gasteiger partial charge in [-0.05, 0) is 31.9 Å². The number of hydrogen-bond donors (Lipinski definition) is 1. The molecular weight excluding hydrogens is 314 g/mol. The van der Waals surface area contributed by atoms with E-state index >= 15 is 0 Å². The predicted octanol–water partition coefficient (Wildman–Crippen LogP) is 4.03. The predicted molar refractivity (Wildman–Crippen MR) is 98.1 cm³/mol. The number of carbonyl (C=O) groups excluding carboxylic acids is 1. The number of nitrogens with two attached hydrogens (primary N) is 1. The minimum Gasteiger partial charge on any atom is -0.443 e. The number of amides is 1. The fourth-order valence-corrected chi connectivity index (χ4v) is 2.97. The second-order valence-corrected chi connectivity index (χ2v) is 7.05. The van der Waals surface area contributed by atoms with E-state index in [2.05, 4.69) is 4.99 Å². The fraction of sp³-hybridized carbons (Fsp3) is 0.300. The van der Waals surface area contributed by atoms with Crippen molar-refractivity contribution in [1.29, 1.82) is 0 Å². The molecule has 0 aromatic heterocycles. The number of guanidine groups is 1. The van der Waals surface area contributed by atoms with Gasteiger partial charge < -0.3 is 10.5 Å². The summed E-state index contributed by atoms with van der Waals surface area (Å²) in [7, 11) is 0. The van der Waals surface area contributed by atoms with Gasteiger partial charge >= 0.3 is 6.09 Å². The second kappa shape index (κ2) is 6.59. The number of ether oxygens (including phenoxy) is 1. The molecule has 0 saturated heterocycles. The third kappa shape index (κ3) is 3.65. The van der Waals surface area contributed by atoms with E-state index in [1.165, 1.54) is 4.90 Å². The normalized spacial score (nSPS) is 20.3. The van der Waals surface area contributed by atoms with Gasteiger partial charge in [0, 0.05) is 0 Å². The van der Waals surface area contributed by atoms with Crippen molar-refractivity contribution >= 4 is 12.1 Å². The highest BCUT2D eigenvalue weighted by atomic mass is 16.6. The molecule has 2 aromatic rings. The van der Waals surface area contributed by atoms with Gasteiger partial charge in [-0.3, -0.25) is 0 Å². The average molecular weight is 337 g/mol. The van der Waals surface area contributed by atoms with E-state index in [0.717, 1.165) is 11.1 Å². The summed E-state index contributed by atoms with van der Waals surface area (Å²) in [6.07, 6.45) is -0.485. The molecule has 3 rings (SSSR count). The monoisotopic (exact) mass is 337 g/mol. The Labute approximate surface area is 148 Å². The van der Waals surface area contributed by atoms with Gasteiger partial charge in [-0.25, -0.2) is 14.7 Å². The molecule has 5 heteroatoms. The molecule has 0 unspecified atom stereocenters. The lowest BCUT2D eigenvalue weighted by molar-refractivity contribution is 0.0314. The smallest absolute Gasteiger partial charge is 0.417 e. The Kier molecular flexibility index (Phi) is 4.49. The number of nitrogens with zero attached hydrogens (tertiary/aromatic N) is 2. The summed E-state index contributed by atoms with van der Waals surface area (Å²) in [4.78, 5) is 18.8. The lowest BCUT2D eigenvalue weighted by atomic mass is 9.94. The first-order valence-electron chi connectivity index (χ1n) is 8.32. The average Bonchev–Trinajstić information content (AvgIpc) is 2.92. The van der Waals surface area contributed by atoms with Crippen LogP contribution < -0.4 is 5.73 Å². The zero-order chi connectivity index (χ0) is 18.0. The van der Waals surface area contributed by atoms with Crippen LogP contribution in [0.1, 0.15) is 44.0 Å². The van der Waals surface area contributed by atoms with Crippen molar-refractivity contribution in [3.63, 3.8) is 0 Å². The maximum atomic E-state index is 12.8. The third-order valence-electron chi connectivity index (χ3n) is 3.97. The summed E-state index contributed by atoms with van der Waals surface area (Å²) in [6.45, 7) is 5.50. The van der Waals surface area contributed by atoms with E-state index in [1.54, 1.807) is 0 Å². The van der Waals surface area contributed by atoms with Gasteiger partial charge in [-0.2, -0.15) is 0 Å². The summed E-state index contributed by atoms with van der Waals surface area (Å²) in [6, 6.07) is 19.0. The highest BCUT2D eigenvalue weighted by Gasteiger charge is 2.42. The van der Waals surface area contributed by atoms with Crippen LogP contribution in [0.5, 0.6) is 0 Å². The second-order valence-electron chi connectivity index (χ2n) is 7.05. The van der Waals surface area contributed by atoms with Gasteiger partial charge in [0.15, 0.2) is 0 Å². The molecule has 1 aliphatic heterocycles. The van der Waals surface area contributed by atoms with Gasteiger partial charge in [-0.1, -0.05) is 60.7 Å². The van der Waals surface area contributed by atoms with Crippen molar-refractivity contribution in [2.45, 2.75) is 38.5 Å². The topological polar surface area (TPSA) is 67.9 Å². The highest BCUT2D eigenvalue weighted by Crippen LogP contribution is 2.41. The molecule has 2 N–H and O–H groups in total. The van der Waals surface area contributed by atoms with Crippen molar-refractivity contribution in [1.82, 2.24) is 4.90 Å². The lowest BCUT2D eigenvalue weighted by Gasteiger charge is -2.30. The van der Waals surface area contributed by atoms with Crippen LogP contribution >= 0.6 is 0 Å². The molecule has 1 heterocycles. The van der Waals surface area contributed by atoms with Gasteiger partial charge in [0.1, 0.15) is 11.6 Å². The van der Waals surface area contributed by atoms with Gasteiger partial charge in [0.05, 0.1) is 6.04 Å². The minimum absolute atomic E-state index is 0.178. The van der Waals surface area contributed by atoms with Gasteiger partial charge in [0.2, 0.25) is 5.96 Å². The van der Waals surface area contributed by atoms with E-state index in [-0.39, 0.29) is 18.0 Å². The minimum atomic E-state index is -0.608.